The minimum atomic E-state index is -0.313. The largest absolute Gasteiger partial charge is 0.301 e. The molecule has 1 amide bonds. The van der Waals surface area contributed by atoms with Gasteiger partial charge in [-0.2, -0.15) is 0 Å². The zero-order chi connectivity index (χ0) is 18.5. The number of rotatable bonds is 6. The average molecular weight is 386 g/mol. The molecule has 4 nitrogen and oxygen atoms in total. The second-order valence-corrected chi connectivity index (χ2v) is 7.46. The standard InChI is InChI=1S/C19H15FN2O2S2/c1-12(23)18-17(13-5-3-2-4-6-13)22-19(26-18)21-16(24)11-25-15-9-7-14(20)8-10-15/h2-10H,11H2,1H3,(H,21,22,24). The molecule has 0 aliphatic heterocycles. The quantitative estimate of drug-likeness (QED) is 0.484. The van der Waals surface area contributed by atoms with Gasteiger partial charge >= 0.3 is 0 Å². The van der Waals surface area contributed by atoms with E-state index >= 15 is 0 Å². The van der Waals surface area contributed by atoms with Crippen LogP contribution in [0.5, 0.6) is 0 Å². The topological polar surface area (TPSA) is 59.1 Å². The van der Waals surface area contributed by atoms with E-state index in [9.17, 15) is 14.0 Å². The molecule has 3 aromatic rings. The molecule has 1 aromatic heterocycles. The summed E-state index contributed by atoms with van der Waals surface area (Å²) < 4.78 is 12.9. The molecule has 1 N–H and O–H groups in total. The Labute approximate surface area is 158 Å². The second-order valence-electron chi connectivity index (χ2n) is 5.41. The number of thiazole rings is 1. The van der Waals surface area contributed by atoms with E-state index in [0.29, 0.717) is 15.7 Å². The van der Waals surface area contributed by atoms with Crippen molar-refractivity contribution in [1.29, 1.82) is 0 Å². The predicted octanol–water partition coefficient (Wildman–Crippen LogP) is 4.88. The summed E-state index contributed by atoms with van der Waals surface area (Å²) in [4.78, 5) is 29.8. The maximum atomic E-state index is 12.9. The van der Waals surface area contributed by atoms with Gasteiger partial charge in [-0.25, -0.2) is 9.37 Å². The highest BCUT2D eigenvalue weighted by Crippen LogP contribution is 2.31. The van der Waals surface area contributed by atoms with E-state index < -0.39 is 0 Å². The Morgan fingerprint density at radius 1 is 1.12 bits per heavy atom. The van der Waals surface area contributed by atoms with Gasteiger partial charge < -0.3 is 5.32 Å². The fraction of sp³-hybridized carbons (Fsp3) is 0.105. The average Bonchev–Trinajstić information content (AvgIpc) is 3.06. The number of carbonyl (C=O) groups excluding carboxylic acids is 2. The summed E-state index contributed by atoms with van der Waals surface area (Å²) in [7, 11) is 0. The van der Waals surface area contributed by atoms with Crippen molar-refractivity contribution in [2.24, 2.45) is 0 Å². The molecule has 0 saturated carbocycles. The van der Waals surface area contributed by atoms with Gasteiger partial charge in [0, 0.05) is 17.4 Å². The van der Waals surface area contributed by atoms with Crippen LogP contribution in [0, 0.1) is 5.82 Å². The fourth-order valence-corrected chi connectivity index (χ4v) is 3.84. The van der Waals surface area contributed by atoms with Crippen LogP contribution in [0.4, 0.5) is 9.52 Å². The molecule has 0 unspecified atom stereocenters. The van der Waals surface area contributed by atoms with E-state index in [0.717, 1.165) is 21.8 Å². The smallest absolute Gasteiger partial charge is 0.236 e. The number of hydrogen-bond donors (Lipinski definition) is 1. The molecule has 26 heavy (non-hydrogen) atoms. The van der Waals surface area contributed by atoms with E-state index in [1.54, 1.807) is 12.1 Å². The molecule has 0 saturated heterocycles. The molecule has 0 bridgehead atoms. The number of aromatic nitrogens is 1. The summed E-state index contributed by atoms with van der Waals surface area (Å²) in [6.07, 6.45) is 0. The van der Waals surface area contributed by atoms with Crippen molar-refractivity contribution >= 4 is 39.9 Å². The summed E-state index contributed by atoms with van der Waals surface area (Å²) in [5.41, 5.74) is 1.40. The van der Waals surface area contributed by atoms with Gasteiger partial charge in [-0.05, 0) is 24.3 Å². The van der Waals surface area contributed by atoms with Gasteiger partial charge in [0.25, 0.3) is 0 Å². The summed E-state index contributed by atoms with van der Waals surface area (Å²) in [5, 5.41) is 3.12. The highest BCUT2D eigenvalue weighted by molar-refractivity contribution is 8.00. The highest BCUT2D eigenvalue weighted by Gasteiger charge is 2.17. The maximum Gasteiger partial charge on any atom is 0.236 e. The molecule has 0 aliphatic carbocycles. The predicted molar refractivity (Wildman–Crippen MR) is 103 cm³/mol. The van der Waals surface area contributed by atoms with Crippen molar-refractivity contribution in [3.8, 4) is 11.3 Å². The van der Waals surface area contributed by atoms with E-state index in [2.05, 4.69) is 10.3 Å². The van der Waals surface area contributed by atoms with Gasteiger partial charge in [0.15, 0.2) is 10.9 Å². The monoisotopic (exact) mass is 386 g/mol. The van der Waals surface area contributed by atoms with Crippen LogP contribution in [0.25, 0.3) is 11.3 Å². The van der Waals surface area contributed by atoms with Gasteiger partial charge in [0.2, 0.25) is 5.91 Å². The molecular formula is C19H15FN2O2S2. The number of thioether (sulfide) groups is 1. The molecule has 0 spiro atoms. The first-order valence-corrected chi connectivity index (χ1v) is 9.58. The fourth-order valence-electron chi connectivity index (χ4n) is 2.24. The summed E-state index contributed by atoms with van der Waals surface area (Å²) >= 11 is 2.46. The molecule has 2 aromatic carbocycles. The number of halogens is 1. The lowest BCUT2D eigenvalue weighted by atomic mass is 10.1. The van der Waals surface area contributed by atoms with Gasteiger partial charge in [-0.15, -0.1) is 11.8 Å². The van der Waals surface area contributed by atoms with Crippen LogP contribution in [-0.4, -0.2) is 22.4 Å². The number of benzene rings is 2. The zero-order valence-electron chi connectivity index (χ0n) is 13.9. The number of nitrogens with zero attached hydrogens (tertiary/aromatic N) is 1. The van der Waals surface area contributed by atoms with Crippen LogP contribution < -0.4 is 5.32 Å². The first kappa shape index (κ1) is 18.3. The number of nitrogens with one attached hydrogen (secondary N) is 1. The molecule has 0 radical (unpaired) electrons. The van der Waals surface area contributed by atoms with Crippen LogP contribution >= 0.6 is 23.1 Å². The zero-order valence-corrected chi connectivity index (χ0v) is 15.5. The Hall–Kier alpha value is -2.51. The lowest BCUT2D eigenvalue weighted by molar-refractivity contribution is -0.113. The molecule has 3 rings (SSSR count). The third-order valence-corrected chi connectivity index (χ3v) is 5.51. The molecule has 0 aliphatic rings. The first-order chi connectivity index (χ1) is 12.5. The number of carbonyl (C=O) groups is 2. The summed E-state index contributed by atoms with van der Waals surface area (Å²) in [6.45, 7) is 1.48. The summed E-state index contributed by atoms with van der Waals surface area (Å²) in [5.74, 6) is -0.474. The Morgan fingerprint density at radius 2 is 1.81 bits per heavy atom. The van der Waals surface area contributed by atoms with Gasteiger partial charge in [0.05, 0.1) is 16.3 Å². The minimum absolute atomic E-state index is 0.0949. The number of Topliss-reactive ketones (excluding diaryl/α,β-unsaturated/α-hetero) is 1. The van der Waals surface area contributed by atoms with Crippen LogP contribution in [0.15, 0.2) is 59.5 Å². The third kappa shape index (κ3) is 4.56. The van der Waals surface area contributed by atoms with Crippen molar-refractivity contribution in [3.05, 3.63) is 65.3 Å². The van der Waals surface area contributed by atoms with Crippen LogP contribution in [0.2, 0.25) is 0 Å². The lowest BCUT2D eigenvalue weighted by Crippen LogP contribution is -2.13. The van der Waals surface area contributed by atoms with Crippen LogP contribution in [0.1, 0.15) is 16.6 Å². The van der Waals surface area contributed by atoms with Crippen molar-refractivity contribution in [1.82, 2.24) is 4.98 Å². The van der Waals surface area contributed by atoms with E-state index in [-0.39, 0.29) is 23.3 Å². The Bertz CT molecular complexity index is 924. The molecule has 7 heteroatoms. The molecular weight excluding hydrogens is 371 g/mol. The van der Waals surface area contributed by atoms with Crippen molar-refractivity contribution in [2.75, 3.05) is 11.1 Å². The number of amides is 1. The normalized spacial score (nSPS) is 10.5. The van der Waals surface area contributed by atoms with Gasteiger partial charge in [-0.3, -0.25) is 9.59 Å². The van der Waals surface area contributed by atoms with Gasteiger partial charge in [0.1, 0.15) is 5.82 Å². The highest BCUT2D eigenvalue weighted by atomic mass is 32.2. The minimum Gasteiger partial charge on any atom is -0.301 e. The van der Waals surface area contributed by atoms with Gasteiger partial charge in [-0.1, -0.05) is 41.7 Å². The van der Waals surface area contributed by atoms with Crippen molar-refractivity contribution in [3.63, 3.8) is 0 Å². The maximum absolute atomic E-state index is 12.9. The molecule has 0 fully saturated rings. The van der Waals surface area contributed by atoms with Crippen molar-refractivity contribution in [2.45, 2.75) is 11.8 Å². The molecule has 132 valence electrons. The SMILES string of the molecule is CC(=O)c1sc(NC(=O)CSc2ccc(F)cc2)nc1-c1ccccc1. The Balaban J connectivity index is 1.70. The van der Waals surface area contributed by atoms with E-state index in [4.69, 9.17) is 0 Å². The lowest BCUT2D eigenvalue weighted by Gasteiger charge is -2.02. The Morgan fingerprint density at radius 3 is 2.46 bits per heavy atom. The third-order valence-electron chi connectivity index (χ3n) is 3.42. The van der Waals surface area contributed by atoms with E-state index in [1.165, 1.54) is 30.8 Å². The first-order valence-electron chi connectivity index (χ1n) is 7.78. The number of anilines is 1. The molecule has 0 atom stereocenters. The number of hydrogen-bond acceptors (Lipinski definition) is 5. The second kappa shape index (κ2) is 8.25. The van der Waals surface area contributed by atoms with Crippen LogP contribution in [0.3, 0.4) is 0 Å². The van der Waals surface area contributed by atoms with E-state index in [1.807, 2.05) is 30.3 Å². The molecule has 1 heterocycles. The van der Waals surface area contributed by atoms with Crippen LogP contribution in [-0.2, 0) is 4.79 Å². The van der Waals surface area contributed by atoms with Crippen molar-refractivity contribution < 1.29 is 14.0 Å². The Kier molecular flexibility index (Phi) is 5.80. The number of ketones is 1. The summed E-state index contributed by atoms with van der Waals surface area (Å²) in [6, 6.07) is 15.3.